The van der Waals surface area contributed by atoms with Gasteiger partial charge in [-0.05, 0) is 42.9 Å². The van der Waals surface area contributed by atoms with Crippen molar-refractivity contribution in [1.82, 2.24) is 0 Å². The lowest BCUT2D eigenvalue weighted by atomic mass is 9.86. The van der Waals surface area contributed by atoms with Crippen LogP contribution in [-0.4, -0.2) is 0 Å². The predicted molar refractivity (Wildman–Crippen MR) is 57.5 cm³/mol. The highest BCUT2D eigenvalue weighted by atomic mass is 14.4. The van der Waals surface area contributed by atoms with E-state index in [0.717, 1.165) is 23.7 Å². The normalized spacial score (nSPS) is 38.5. The van der Waals surface area contributed by atoms with Crippen LogP contribution < -0.4 is 0 Å². The van der Waals surface area contributed by atoms with E-state index in [-0.39, 0.29) is 0 Å². The lowest BCUT2D eigenvalue weighted by Gasteiger charge is -2.19. The van der Waals surface area contributed by atoms with Crippen molar-refractivity contribution in [3.63, 3.8) is 0 Å². The Bertz CT molecular complexity index is 192. The Balaban J connectivity index is 1.75. The average molecular weight is 178 g/mol. The van der Waals surface area contributed by atoms with Crippen molar-refractivity contribution in [1.29, 1.82) is 0 Å². The molecule has 13 heavy (non-hydrogen) atoms. The van der Waals surface area contributed by atoms with Crippen molar-refractivity contribution in [2.24, 2.45) is 23.7 Å². The van der Waals surface area contributed by atoms with E-state index in [9.17, 15) is 0 Å². The lowest BCUT2D eigenvalue weighted by molar-refractivity contribution is 0.361. The molecule has 0 aromatic heterocycles. The summed E-state index contributed by atoms with van der Waals surface area (Å²) in [6.07, 6.45) is 12.2. The first-order chi connectivity index (χ1) is 6.29. The minimum Gasteiger partial charge on any atom is -0.0851 e. The molecule has 0 N–H and O–H groups in total. The monoisotopic (exact) mass is 178 g/mol. The van der Waals surface area contributed by atoms with Crippen molar-refractivity contribution in [3.05, 3.63) is 12.2 Å². The van der Waals surface area contributed by atoms with Crippen LogP contribution in [0.4, 0.5) is 0 Å². The minimum absolute atomic E-state index is 0.947. The molecule has 0 aliphatic heterocycles. The zero-order valence-electron chi connectivity index (χ0n) is 9.00. The third-order valence-corrected chi connectivity index (χ3v) is 4.14. The van der Waals surface area contributed by atoms with Gasteiger partial charge in [0.2, 0.25) is 0 Å². The van der Waals surface area contributed by atoms with E-state index in [4.69, 9.17) is 0 Å². The van der Waals surface area contributed by atoms with Gasteiger partial charge in [0.25, 0.3) is 0 Å². The van der Waals surface area contributed by atoms with Crippen LogP contribution in [0.15, 0.2) is 12.2 Å². The van der Waals surface area contributed by atoms with Crippen molar-refractivity contribution >= 4 is 0 Å². The Morgan fingerprint density at radius 1 is 1.31 bits per heavy atom. The van der Waals surface area contributed by atoms with Gasteiger partial charge in [-0.25, -0.2) is 0 Å². The number of allylic oxidation sites excluding steroid dienone is 2. The van der Waals surface area contributed by atoms with E-state index in [0.29, 0.717) is 0 Å². The first-order valence-electron chi connectivity index (χ1n) is 5.98. The molecule has 2 aliphatic carbocycles. The molecule has 4 atom stereocenters. The van der Waals surface area contributed by atoms with Gasteiger partial charge in [-0.3, -0.25) is 0 Å². The first-order valence-corrected chi connectivity index (χ1v) is 5.98. The molecule has 2 aliphatic rings. The molecule has 0 heteroatoms. The minimum atomic E-state index is 0.947. The lowest BCUT2D eigenvalue weighted by Crippen LogP contribution is -2.08. The summed E-state index contributed by atoms with van der Waals surface area (Å²) in [5.74, 6) is 3.92. The highest BCUT2D eigenvalue weighted by molar-refractivity contribution is 5.09. The van der Waals surface area contributed by atoms with E-state index in [2.05, 4.69) is 26.0 Å². The van der Waals surface area contributed by atoms with Gasteiger partial charge >= 0.3 is 0 Å². The summed E-state index contributed by atoms with van der Waals surface area (Å²) in [5.41, 5.74) is 0. The van der Waals surface area contributed by atoms with Crippen LogP contribution in [0.1, 0.15) is 46.0 Å². The van der Waals surface area contributed by atoms with Gasteiger partial charge in [-0.2, -0.15) is 0 Å². The van der Waals surface area contributed by atoms with E-state index >= 15 is 0 Å². The van der Waals surface area contributed by atoms with Gasteiger partial charge in [-0.1, -0.05) is 38.8 Å². The van der Waals surface area contributed by atoms with Crippen molar-refractivity contribution in [2.75, 3.05) is 0 Å². The predicted octanol–water partition coefficient (Wildman–Crippen LogP) is 4.02. The van der Waals surface area contributed by atoms with Gasteiger partial charge in [0, 0.05) is 0 Å². The molecule has 0 saturated heterocycles. The largest absolute Gasteiger partial charge is 0.0851 e. The molecule has 0 aromatic carbocycles. The second kappa shape index (κ2) is 3.86. The summed E-state index contributed by atoms with van der Waals surface area (Å²) < 4.78 is 0. The standard InChI is InChI=1S/C13H22/c1-3-10(2)4-6-12-8-11-5-7-13(12)9-11/h5,7,10-13H,3-4,6,8-9H2,1-2H3. The number of fused-ring (bicyclic) bond motifs is 2. The molecule has 1 fully saturated rings. The molecule has 2 bridgehead atoms. The molecule has 2 rings (SSSR count). The Labute approximate surface area is 82.4 Å². The fraction of sp³-hybridized carbons (Fsp3) is 0.846. The number of hydrogen-bond donors (Lipinski definition) is 0. The third-order valence-electron chi connectivity index (χ3n) is 4.14. The van der Waals surface area contributed by atoms with Crippen LogP contribution >= 0.6 is 0 Å². The van der Waals surface area contributed by atoms with Gasteiger partial charge < -0.3 is 0 Å². The maximum atomic E-state index is 2.48. The molecule has 0 radical (unpaired) electrons. The maximum Gasteiger partial charge on any atom is -0.0199 e. The van der Waals surface area contributed by atoms with Crippen LogP contribution in [0.3, 0.4) is 0 Å². The zero-order chi connectivity index (χ0) is 9.26. The molecule has 0 nitrogen and oxygen atoms in total. The fourth-order valence-corrected chi connectivity index (χ4v) is 2.93. The summed E-state index contributed by atoms with van der Waals surface area (Å²) in [7, 11) is 0. The molecule has 0 amide bonds. The SMILES string of the molecule is CCC(C)CCC1CC2C=CC1C2. The van der Waals surface area contributed by atoms with Gasteiger partial charge in [0.1, 0.15) is 0 Å². The van der Waals surface area contributed by atoms with Gasteiger partial charge in [0.15, 0.2) is 0 Å². The average Bonchev–Trinajstić information content (AvgIpc) is 2.74. The number of hydrogen-bond acceptors (Lipinski definition) is 0. The number of rotatable bonds is 4. The Morgan fingerprint density at radius 2 is 2.15 bits per heavy atom. The fourth-order valence-electron chi connectivity index (χ4n) is 2.93. The van der Waals surface area contributed by atoms with Crippen molar-refractivity contribution in [2.45, 2.75) is 46.0 Å². The Kier molecular flexibility index (Phi) is 2.76. The highest BCUT2D eigenvalue weighted by Gasteiger charge is 2.34. The van der Waals surface area contributed by atoms with Crippen LogP contribution in [0.5, 0.6) is 0 Å². The van der Waals surface area contributed by atoms with Gasteiger partial charge in [-0.15, -0.1) is 0 Å². The summed E-state index contributed by atoms with van der Waals surface area (Å²) >= 11 is 0. The summed E-state index contributed by atoms with van der Waals surface area (Å²) in [6, 6.07) is 0. The molecule has 0 heterocycles. The zero-order valence-corrected chi connectivity index (χ0v) is 9.00. The van der Waals surface area contributed by atoms with E-state index in [1.807, 2.05) is 0 Å². The molecule has 1 saturated carbocycles. The maximum absolute atomic E-state index is 2.48. The quantitative estimate of drug-likeness (QED) is 0.570. The van der Waals surface area contributed by atoms with Crippen LogP contribution in [-0.2, 0) is 0 Å². The van der Waals surface area contributed by atoms with Crippen LogP contribution in [0, 0.1) is 23.7 Å². The van der Waals surface area contributed by atoms with Gasteiger partial charge in [0.05, 0.1) is 0 Å². The van der Waals surface area contributed by atoms with E-state index < -0.39 is 0 Å². The van der Waals surface area contributed by atoms with E-state index in [1.54, 1.807) is 0 Å². The topological polar surface area (TPSA) is 0 Å². The second-order valence-corrected chi connectivity index (χ2v) is 5.13. The second-order valence-electron chi connectivity index (χ2n) is 5.13. The molecule has 4 unspecified atom stereocenters. The highest BCUT2D eigenvalue weighted by Crippen LogP contribution is 2.45. The van der Waals surface area contributed by atoms with Crippen molar-refractivity contribution in [3.8, 4) is 0 Å². The van der Waals surface area contributed by atoms with E-state index in [1.165, 1.54) is 32.1 Å². The van der Waals surface area contributed by atoms with Crippen LogP contribution in [0.2, 0.25) is 0 Å². The molecular weight excluding hydrogens is 156 g/mol. The molecule has 0 aromatic rings. The summed E-state index contributed by atoms with van der Waals surface area (Å²) in [4.78, 5) is 0. The van der Waals surface area contributed by atoms with Crippen molar-refractivity contribution < 1.29 is 0 Å². The summed E-state index contributed by atoms with van der Waals surface area (Å²) in [5, 5.41) is 0. The first kappa shape index (κ1) is 9.30. The Morgan fingerprint density at radius 3 is 2.69 bits per heavy atom. The molecular formula is C13H22. The third kappa shape index (κ3) is 1.98. The molecule has 74 valence electrons. The summed E-state index contributed by atoms with van der Waals surface area (Å²) in [6.45, 7) is 4.70. The smallest absolute Gasteiger partial charge is 0.0199 e. The van der Waals surface area contributed by atoms with Crippen LogP contribution in [0.25, 0.3) is 0 Å². The molecule has 0 spiro atoms. The Hall–Kier alpha value is -0.260.